The summed E-state index contributed by atoms with van der Waals surface area (Å²) >= 11 is 0. The Balaban J connectivity index is 2.12. The number of piperidine rings is 1. The van der Waals surface area contributed by atoms with Crippen molar-refractivity contribution in [3.05, 3.63) is 12.4 Å². The molecule has 1 N–H and O–H groups in total. The van der Waals surface area contributed by atoms with Crippen molar-refractivity contribution >= 4 is 11.6 Å². The first-order chi connectivity index (χ1) is 7.70. The smallest absolute Gasteiger partial charge is 0.134 e. The van der Waals surface area contributed by atoms with Gasteiger partial charge in [0, 0.05) is 26.2 Å². The maximum atomic E-state index is 4.35. The van der Waals surface area contributed by atoms with Crippen molar-refractivity contribution in [2.24, 2.45) is 11.8 Å². The first-order valence-electron chi connectivity index (χ1n) is 5.95. The molecule has 0 aromatic carbocycles. The van der Waals surface area contributed by atoms with Crippen LogP contribution in [-0.2, 0) is 0 Å². The third-order valence-corrected chi connectivity index (χ3v) is 3.57. The number of anilines is 2. The average molecular weight is 220 g/mol. The summed E-state index contributed by atoms with van der Waals surface area (Å²) in [7, 11) is 1.88. The second-order valence-electron chi connectivity index (χ2n) is 4.70. The SMILES string of the molecule is CNc1cc(N2CCC(C)C(C)C2)ncn1. The van der Waals surface area contributed by atoms with Gasteiger partial charge in [0.05, 0.1) is 0 Å². The van der Waals surface area contributed by atoms with Crippen molar-refractivity contribution in [2.75, 3.05) is 30.4 Å². The van der Waals surface area contributed by atoms with E-state index in [1.807, 2.05) is 13.1 Å². The number of aromatic nitrogens is 2. The van der Waals surface area contributed by atoms with E-state index in [-0.39, 0.29) is 0 Å². The Kier molecular flexibility index (Phi) is 3.27. The zero-order valence-electron chi connectivity index (χ0n) is 10.3. The minimum atomic E-state index is 0.738. The van der Waals surface area contributed by atoms with Gasteiger partial charge >= 0.3 is 0 Å². The van der Waals surface area contributed by atoms with Gasteiger partial charge in [-0.2, -0.15) is 0 Å². The highest BCUT2D eigenvalue weighted by Crippen LogP contribution is 2.26. The van der Waals surface area contributed by atoms with Crippen LogP contribution in [0.1, 0.15) is 20.3 Å². The molecule has 0 radical (unpaired) electrons. The van der Waals surface area contributed by atoms with Gasteiger partial charge in [0.25, 0.3) is 0 Å². The summed E-state index contributed by atoms with van der Waals surface area (Å²) in [6.07, 6.45) is 2.88. The molecule has 1 fully saturated rings. The van der Waals surface area contributed by atoms with Gasteiger partial charge in [0.1, 0.15) is 18.0 Å². The molecule has 88 valence electrons. The van der Waals surface area contributed by atoms with Crippen LogP contribution in [0, 0.1) is 11.8 Å². The predicted molar refractivity (Wildman–Crippen MR) is 66.7 cm³/mol. The van der Waals surface area contributed by atoms with Crippen LogP contribution in [0.3, 0.4) is 0 Å². The largest absolute Gasteiger partial charge is 0.373 e. The van der Waals surface area contributed by atoms with Gasteiger partial charge in [-0.15, -0.1) is 0 Å². The molecule has 4 nitrogen and oxygen atoms in total. The first kappa shape index (κ1) is 11.2. The molecule has 2 rings (SSSR count). The summed E-state index contributed by atoms with van der Waals surface area (Å²) in [6, 6.07) is 2.02. The van der Waals surface area contributed by atoms with Gasteiger partial charge in [-0.3, -0.25) is 0 Å². The highest BCUT2D eigenvalue weighted by molar-refractivity contribution is 5.48. The maximum Gasteiger partial charge on any atom is 0.134 e. The quantitative estimate of drug-likeness (QED) is 0.827. The van der Waals surface area contributed by atoms with Gasteiger partial charge in [0.2, 0.25) is 0 Å². The van der Waals surface area contributed by atoms with E-state index in [2.05, 4.69) is 34.0 Å². The number of nitrogens with one attached hydrogen (secondary N) is 1. The number of hydrogen-bond donors (Lipinski definition) is 1. The summed E-state index contributed by atoms with van der Waals surface area (Å²) < 4.78 is 0. The Morgan fingerprint density at radius 3 is 2.81 bits per heavy atom. The second-order valence-corrected chi connectivity index (χ2v) is 4.70. The van der Waals surface area contributed by atoms with E-state index < -0.39 is 0 Å². The molecule has 0 spiro atoms. The molecule has 1 aliphatic heterocycles. The van der Waals surface area contributed by atoms with Crippen molar-refractivity contribution in [1.29, 1.82) is 0 Å². The molecule has 0 saturated carbocycles. The first-order valence-corrected chi connectivity index (χ1v) is 5.95. The highest BCUT2D eigenvalue weighted by Gasteiger charge is 2.23. The van der Waals surface area contributed by atoms with Crippen LogP contribution in [0.15, 0.2) is 12.4 Å². The van der Waals surface area contributed by atoms with Crippen LogP contribution in [0.2, 0.25) is 0 Å². The van der Waals surface area contributed by atoms with E-state index in [4.69, 9.17) is 0 Å². The molecule has 1 aromatic rings. The lowest BCUT2D eigenvalue weighted by Gasteiger charge is -2.36. The summed E-state index contributed by atoms with van der Waals surface area (Å²) in [6.45, 7) is 6.85. The van der Waals surface area contributed by atoms with Gasteiger partial charge in [-0.1, -0.05) is 13.8 Å². The molecular formula is C12H20N4. The van der Waals surface area contributed by atoms with Crippen LogP contribution in [-0.4, -0.2) is 30.1 Å². The van der Waals surface area contributed by atoms with E-state index in [0.29, 0.717) is 0 Å². The lowest BCUT2D eigenvalue weighted by atomic mass is 9.89. The molecule has 1 aliphatic rings. The number of rotatable bonds is 2. The minimum absolute atomic E-state index is 0.738. The molecule has 1 saturated heterocycles. The van der Waals surface area contributed by atoms with Gasteiger partial charge in [-0.25, -0.2) is 9.97 Å². The third kappa shape index (κ3) is 2.26. The van der Waals surface area contributed by atoms with Gasteiger partial charge in [-0.05, 0) is 18.3 Å². The Hall–Kier alpha value is -1.32. The Morgan fingerprint density at radius 1 is 1.31 bits per heavy atom. The van der Waals surface area contributed by atoms with Crippen molar-refractivity contribution in [3.8, 4) is 0 Å². The molecular weight excluding hydrogens is 200 g/mol. The van der Waals surface area contributed by atoms with E-state index in [0.717, 1.165) is 36.6 Å². The minimum Gasteiger partial charge on any atom is -0.373 e. The molecule has 16 heavy (non-hydrogen) atoms. The van der Waals surface area contributed by atoms with Crippen molar-refractivity contribution in [1.82, 2.24) is 9.97 Å². The number of nitrogens with zero attached hydrogens (tertiary/aromatic N) is 3. The summed E-state index contributed by atoms with van der Waals surface area (Å²) in [5, 5.41) is 3.05. The molecule has 0 bridgehead atoms. The van der Waals surface area contributed by atoms with Crippen molar-refractivity contribution in [3.63, 3.8) is 0 Å². The monoisotopic (exact) mass is 220 g/mol. The maximum absolute atomic E-state index is 4.35. The van der Waals surface area contributed by atoms with Crippen molar-refractivity contribution in [2.45, 2.75) is 20.3 Å². The zero-order chi connectivity index (χ0) is 11.5. The standard InChI is InChI=1S/C12H20N4/c1-9-4-5-16(7-10(9)2)12-6-11(13-3)14-8-15-12/h6,8-10H,4-5,7H2,1-3H3,(H,13,14,15). The molecule has 1 aromatic heterocycles. The Labute approximate surface area is 97.1 Å². The number of hydrogen-bond acceptors (Lipinski definition) is 4. The average Bonchev–Trinajstić information content (AvgIpc) is 2.33. The normalized spacial score (nSPS) is 25.6. The fourth-order valence-electron chi connectivity index (χ4n) is 2.13. The Bertz CT molecular complexity index is 353. The summed E-state index contributed by atoms with van der Waals surface area (Å²) in [5.41, 5.74) is 0. The second kappa shape index (κ2) is 4.68. The van der Waals surface area contributed by atoms with E-state index in [1.54, 1.807) is 6.33 Å². The molecule has 0 amide bonds. The van der Waals surface area contributed by atoms with Crippen LogP contribution in [0.4, 0.5) is 11.6 Å². The summed E-state index contributed by atoms with van der Waals surface area (Å²) in [5.74, 6) is 3.48. The van der Waals surface area contributed by atoms with Gasteiger partial charge in [0.15, 0.2) is 0 Å². The lowest BCUT2D eigenvalue weighted by Crippen LogP contribution is -2.38. The predicted octanol–water partition coefficient (Wildman–Crippen LogP) is 2.00. The van der Waals surface area contributed by atoms with E-state index in [9.17, 15) is 0 Å². The van der Waals surface area contributed by atoms with Crippen LogP contribution >= 0.6 is 0 Å². The van der Waals surface area contributed by atoms with E-state index >= 15 is 0 Å². The molecule has 0 aliphatic carbocycles. The van der Waals surface area contributed by atoms with Gasteiger partial charge < -0.3 is 10.2 Å². The molecule has 2 unspecified atom stereocenters. The Morgan fingerprint density at radius 2 is 2.12 bits per heavy atom. The fraction of sp³-hybridized carbons (Fsp3) is 0.667. The molecule has 2 heterocycles. The molecule has 4 heteroatoms. The van der Waals surface area contributed by atoms with Crippen LogP contribution < -0.4 is 10.2 Å². The summed E-state index contributed by atoms with van der Waals surface area (Å²) in [4.78, 5) is 10.8. The highest BCUT2D eigenvalue weighted by atomic mass is 15.2. The molecule has 2 atom stereocenters. The van der Waals surface area contributed by atoms with Crippen LogP contribution in [0.5, 0.6) is 0 Å². The fourth-order valence-corrected chi connectivity index (χ4v) is 2.13. The zero-order valence-corrected chi connectivity index (χ0v) is 10.3. The third-order valence-electron chi connectivity index (χ3n) is 3.57. The van der Waals surface area contributed by atoms with Crippen molar-refractivity contribution < 1.29 is 0 Å². The topological polar surface area (TPSA) is 41.0 Å². The van der Waals surface area contributed by atoms with E-state index in [1.165, 1.54) is 6.42 Å². The lowest BCUT2D eigenvalue weighted by molar-refractivity contribution is 0.323. The van der Waals surface area contributed by atoms with Crippen LogP contribution in [0.25, 0.3) is 0 Å².